The van der Waals surface area contributed by atoms with Gasteiger partial charge in [0.15, 0.2) is 0 Å². The van der Waals surface area contributed by atoms with E-state index in [0.717, 1.165) is 16.5 Å². The fourth-order valence-corrected chi connectivity index (χ4v) is 6.12. The van der Waals surface area contributed by atoms with Gasteiger partial charge in [-0.2, -0.15) is 23.8 Å². The smallest absolute Gasteiger partial charge is 0.376 e. The van der Waals surface area contributed by atoms with Crippen LogP contribution in [0, 0.1) is 6.92 Å². The number of aryl methyl sites for hydroxylation is 1. The van der Waals surface area contributed by atoms with Crippen LogP contribution in [0.4, 0.5) is 24.7 Å². The maximum atomic E-state index is 12.8. The number of amides is 1. The summed E-state index contributed by atoms with van der Waals surface area (Å²) in [5.74, 6) is -1.28. The number of benzene rings is 2. The van der Waals surface area contributed by atoms with E-state index in [2.05, 4.69) is 5.32 Å². The predicted molar refractivity (Wildman–Crippen MR) is 136 cm³/mol. The molecule has 3 aromatic rings. The Balaban J connectivity index is 1.50. The van der Waals surface area contributed by atoms with Crippen molar-refractivity contribution >= 4 is 38.9 Å². The highest BCUT2D eigenvalue weighted by molar-refractivity contribution is 8.24. The molecule has 2 aromatic carbocycles. The van der Waals surface area contributed by atoms with Crippen LogP contribution < -0.4 is 15.5 Å². The standard InChI is InChI=1S/C25H27F3N4O4S/c1-16-6-7-19-18(10-16)20(31-24(14-36-15-24)13-29-23(33)25(26,27)28)11-22(30-19)32-8-9-37(34,35)21-5-3-2-4-17(21)12-32/h2-7,10-11,34-35H,8-9,12-15H2,1H3,(H,29,33)(H,30,31). The first kappa shape index (κ1) is 25.6. The summed E-state index contributed by atoms with van der Waals surface area (Å²) >= 11 is 0. The molecule has 0 unspecified atom stereocenters. The summed E-state index contributed by atoms with van der Waals surface area (Å²) in [6.07, 6.45) is -4.97. The third-order valence-electron chi connectivity index (χ3n) is 6.61. The van der Waals surface area contributed by atoms with Crippen LogP contribution in [0.5, 0.6) is 0 Å². The normalized spacial score (nSPS) is 19.4. The Morgan fingerprint density at radius 3 is 2.65 bits per heavy atom. The molecule has 2 aliphatic rings. The van der Waals surface area contributed by atoms with Crippen LogP contribution in [0.15, 0.2) is 53.4 Å². The van der Waals surface area contributed by atoms with Crippen LogP contribution >= 0.6 is 10.6 Å². The molecule has 0 atom stereocenters. The molecule has 0 bridgehead atoms. The number of carbonyl (C=O) groups is 1. The van der Waals surface area contributed by atoms with Gasteiger partial charge in [0, 0.05) is 36.8 Å². The molecule has 2 aliphatic heterocycles. The van der Waals surface area contributed by atoms with E-state index in [-0.39, 0.29) is 25.5 Å². The van der Waals surface area contributed by atoms with Crippen molar-refractivity contribution in [2.45, 2.75) is 30.1 Å². The highest BCUT2D eigenvalue weighted by Gasteiger charge is 2.44. The number of alkyl halides is 3. The summed E-state index contributed by atoms with van der Waals surface area (Å²) in [5.41, 5.74) is 2.16. The lowest BCUT2D eigenvalue weighted by atomic mass is 9.96. The van der Waals surface area contributed by atoms with Gasteiger partial charge in [0.05, 0.1) is 29.4 Å². The van der Waals surface area contributed by atoms with Crippen molar-refractivity contribution in [1.82, 2.24) is 10.3 Å². The second-order valence-corrected chi connectivity index (χ2v) is 11.7. The molecule has 8 nitrogen and oxygen atoms in total. The summed E-state index contributed by atoms with van der Waals surface area (Å²) in [4.78, 5) is 18.8. The summed E-state index contributed by atoms with van der Waals surface area (Å²) in [5, 5.41) is 6.07. The van der Waals surface area contributed by atoms with E-state index in [0.29, 0.717) is 35.0 Å². The van der Waals surface area contributed by atoms with E-state index < -0.39 is 28.2 Å². The zero-order valence-electron chi connectivity index (χ0n) is 20.0. The minimum absolute atomic E-state index is 0.119. The van der Waals surface area contributed by atoms with Crippen LogP contribution in [0.3, 0.4) is 0 Å². The lowest BCUT2D eigenvalue weighted by Crippen LogP contribution is -2.63. The number of pyridine rings is 1. The zero-order valence-corrected chi connectivity index (χ0v) is 20.8. The molecule has 198 valence electrons. The highest BCUT2D eigenvalue weighted by atomic mass is 32.3. The Hall–Kier alpha value is -3.06. The molecule has 1 amide bonds. The molecule has 0 aliphatic carbocycles. The minimum atomic E-state index is -4.97. The van der Waals surface area contributed by atoms with Crippen molar-refractivity contribution in [1.29, 1.82) is 0 Å². The topological polar surface area (TPSA) is 107 Å². The first-order valence-electron chi connectivity index (χ1n) is 11.7. The van der Waals surface area contributed by atoms with Crippen LogP contribution in [0.2, 0.25) is 0 Å². The monoisotopic (exact) mass is 536 g/mol. The molecule has 1 fully saturated rings. The number of rotatable bonds is 5. The third kappa shape index (κ3) is 5.19. The first-order chi connectivity index (χ1) is 17.5. The lowest BCUT2D eigenvalue weighted by Gasteiger charge is -2.43. The number of nitrogens with zero attached hydrogens (tertiary/aromatic N) is 2. The van der Waals surface area contributed by atoms with Gasteiger partial charge < -0.3 is 20.3 Å². The van der Waals surface area contributed by atoms with E-state index in [1.807, 2.05) is 53.5 Å². The largest absolute Gasteiger partial charge is 0.471 e. The van der Waals surface area contributed by atoms with Crippen molar-refractivity contribution in [2.75, 3.05) is 42.3 Å². The van der Waals surface area contributed by atoms with Gasteiger partial charge in [-0.25, -0.2) is 4.98 Å². The third-order valence-corrected chi connectivity index (χ3v) is 8.46. The van der Waals surface area contributed by atoms with Crippen LogP contribution in [-0.2, 0) is 16.1 Å². The fraction of sp³-hybridized carbons (Fsp3) is 0.360. The van der Waals surface area contributed by atoms with Crippen molar-refractivity contribution in [2.24, 2.45) is 0 Å². The SMILES string of the molecule is Cc1ccc2nc(N3CCS(O)(O)c4ccccc4C3)cc(NC3(CNC(=O)C(F)(F)F)COC3)c2c1. The Kier molecular flexibility index (Phi) is 6.47. The molecule has 1 aromatic heterocycles. The van der Waals surface area contributed by atoms with Crippen LogP contribution in [0.25, 0.3) is 10.9 Å². The first-order valence-corrected chi connectivity index (χ1v) is 13.4. The van der Waals surface area contributed by atoms with E-state index in [1.54, 1.807) is 12.1 Å². The molecular weight excluding hydrogens is 509 g/mol. The van der Waals surface area contributed by atoms with Crippen molar-refractivity contribution in [3.63, 3.8) is 0 Å². The van der Waals surface area contributed by atoms with Crippen molar-refractivity contribution in [3.8, 4) is 0 Å². The number of nitrogens with one attached hydrogen (secondary N) is 2. The minimum Gasteiger partial charge on any atom is -0.376 e. The number of hydrogen-bond acceptors (Lipinski definition) is 7. The number of halogens is 3. The Morgan fingerprint density at radius 1 is 1.19 bits per heavy atom. The number of fused-ring (bicyclic) bond motifs is 2. The summed E-state index contributed by atoms with van der Waals surface area (Å²) in [6, 6.07) is 14.7. The van der Waals surface area contributed by atoms with E-state index >= 15 is 0 Å². The number of hydrogen-bond donors (Lipinski definition) is 4. The second-order valence-electron chi connectivity index (χ2n) is 9.53. The number of carbonyl (C=O) groups excluding carboxylic acids is 1. The molecule has 0 spiro atoms. The maximum absolute atomic E-state index is 12.8. The van der Waals surface area contributed by atoms with Gasteiger partial charge >= 0.3 is 12.1 Å². The van der Waals surface area contributed by atoms with Crippen molar-refractivity contribution < 1.29 is 31.8 Å². The van der Waals surface area contributed by atoms with Crippen molar-refractivity contribution in [3.05, 3.63) is 59.7 Å². The van der Waals surface area contributed by atoms with Gasteiger partial charge in [-0.1, -0.05) is 29.8 Å². The second kappa shape index (κ2) is 9.35. The Labute approximate surface area is 213 Å². The number of anilines is 2. The highest BCUT2D eigenvalue weighted by Crippen LogP contribution is 2.51. The molecule has 1 saturated heterocycles. The van der Waals surface area contributed by atoms with Crippen LogP contribution in [0.1, 0.15) is 11.1 Å². The van der Waals surface area contributed by atoms with E-state index in [4.69, 9.17) is 9.72 Å². The molecule has 12 heteroatoms. The van der Waals surface area contributed by atoms with Gasteiger partial charge in [0.25, 0.3) is 0 Å². The van der Waals surface area contributed by atoms with E-state index in [9.17, 15) is 27.1 Å². The molecular formula is C25H27F3N4O4S. The molecule has 0 radical (unpaired) electrons. The maximum Gasteiger partial charge on any atom is 0.471 e. The summed E-state index contributed by atoms with van der Waals surface area (Å²) < 4.78 is 65.1. The average molecular weight is 537 g/mol. The molecule has 4 N–H and O–H groups in total. The van der Waals surface area contributed by atoms with Gasteiger partial charge in [0.1, 0.15) is 11.4 Å². The van der Waals surface area contributed by atoms with Gasteiger partial charge in [-0.3, -0.25) is 13.9 Å². The van der Waals surface area contributed by atoms with Crippen LogP contribution in [-0.4, -0.2) is 63.8 Å². The Morgan fingerprint density at radius 2 is 1.95 bits per heavy atom. The quantitative estimate of drug-likeness (QED) is 0.380. The molecule has 3 heterocycles. The number of aromatic nitrogens is 1. The van der Waals surface area contributed by atoms with Gasteiger partial charge in [0.2, 0.25) is 0 Å². The number of ether oxygens (including phenoxy) is 1. The Bertz CT molecular complexity index is 1350. The molecule has 5 rings (SSSR count). The predicted octanol–water partition coefficient (Wildman–Crippen LogP) is 4.53. The lowest BCUT2D eigenvalue weighted by molar-refractivity contribution is -0.174. The van der Waals surface area contributed by atoms with Gasteiger partial charge in [-0.15, -0.1) is 0 Å². The van der Waals surface area contributed by atoms with Gasteiger partial charge in [-0.05, 0) is 30.7 Å². The average Bonchev–Trinajstić information content (AvgIpc) is 2.96. The van der Waals surface area contributed by atoms with E-state index in [1.165, 1.54) is 0 Å². The zero-order chi connectivity index (χ0) is 26.4. The summed E-state index contributed by atoms with van der Waals surface area (Å²) in [7, 11) is -2.96. The summed E-state index contributed by atoms with van der Waals surface area (Å²) in [6.45, 7) is 2.65. The molecule has 37 heavy (non-hydrogen) atoms. The molecule has 0 saturated carbocycles. The fourth-order valence-electron chi connectivity index (χ4n) is 4.57.